The van der Waals surface area contributed by atoms with Crippen LogP contribution in [0.4, 0.5) is 4.79 Å². The van der Waals surface area contributed by atoms with Crippen LogP contribution in [0.3, 0.4) is 0 Å². The van der Waals surface area contributed by atoms with Crippen molar-refractivity contribution in [1.29, 1.82) is 0 Å². The lowest BCUT2D eigenvalue weighted by atomic mass is 9.98. The number of benzene rings is 1. The van der Waals surface area contributed by atoms with Crippen LogP contribution in [-0.2, 0) is 20.7 Å². The number of carbonyl (C=O) groups excluding carboxylic acids is 2. The Kier molecular flexibility index (Phi) is 13.0. The number of aliphatic carboxylic acids is 1. The van der Waals surface area contributed by atoms with E-state index in [1.807, 2.05) is 50.4 Å². The van der Waals surface area contributed by atoms with Crippen molar-refractivity contribution in [1.82, 2.24) is 16.0 Å². The molecule has 0 aliphatic carbocycles. The lowest BCUT2D eigenvalue weighted by molar-refractivity contribution is -0.142. The summed E-state index contributed by atoms with van der Waals surface area (Å²) in [5, 5.41) is 18.4. The number of hydrogen-bond acceptors (Lipinski definition) is 6. The average Bonchev–Trinajstić information content (AvgIpc) is 2.76. The van der Waals surface area contributed by atoms with Crippen LogP contribution < -0.4 is 16.0 Å². The summed E-state index contributed by atoms with van der Waals surface area (Å²) in [6.45, 7) is 9.81. The summed E-state index contributed by atoms with van der Waals surface area (Å²) >= 11 is 1.53. The molecule has 0 spiro atoms. The van der Waals surface area contributed by atoms with Crippen LogP contribution in [0.5, 0.6) is 0 Å². The van der Waals surface area contributed by atoms with Crippen LogP contribution in [0.2, 0.25) is 0 Å². The number of nitrogens with one attached hydrogen (secondary N) is 3. The maximum Gasteiger partial charge on any atom is 0.407 e. The number of carboxylic acids is 1. The van der Waals surface area contributed by atoms with E-state index in [0.29, 0.717) is 25.1 Å². The van der Waals surface area contributed by atoms with E-state index >= 15 is 0 Å². The molecule has 0 saturated carbocycles. The topological polar surface area (TPSA) is 117 Å². The molecule has 8 nitrogen and oxygen atoms in total. The SMILES string of the molecule is CC[C@H](C)[C@@H](CNC(Cc1ccccc1)C(=O)NC(CCSC)C(=O)O)NC(=O)OC(C)(C)C. The first kappa shape index (κ1) is 29.8. The molecule has 0 aliphatic rings. The standard InChI is InChI=1S/C25H41N3O5S/c1-7-17(2)21(28-24(32)33-25(3,4)5)16-26-20(15-18-11-9-8-10-12-18)22(29)27-19(23(30)31)13-14-34-6/h8-12,17,19-21,26H,7,13-16H2,1-6H3,(H,27,29)(H,28,32)(H,30,31)/t17-,19?,20?,21+/m0/s1. The first-order valence-electron chi connectivity index (χ1n) is 11.8. The molecule has 1 rings (SSSR count). The van der Waals surface area contributed by atoms with Crippen molar-refractivity contribution in [3.05, 3.63) is 35.9 Å². The molecule has 2 unspecified atom stereocenters. The normalized spacial score (nSPS) is 15.0. The van der Waals surface area contributed by atoms with Crippen LogP contribution in [-0.4, -0.2) is 65.4 Å². The van der Waals surface area contributed by atoms with E-state index in [2.05, 4.69) is 16.0 Å². The molecular formula is C25H41N3O5S. The molecule has 0 heterocycles. The van der Waals surface area contributed by atoms with E-state index in [4.69, 9.17) is 4.74 Å². The highest BCUT2D eigenvalue weighted by Crippen LogP contribution is 2.12. The monoisotopic (exact) mass is 495 g/mol. The lowest BCUT2D eigenvalue weighted by Crippen LogP contribution is -2.55. The summed E-state index contributed by atoms with van der Waals surface area (Å²) in [6, 6.07) is 7.67. The Morgan fingerprint density at radius 1 is 1.09 bits per heavy atom. The molecule has 0 radical (unpaired) electrons. The first-order chi connectivity index (χ1) is 16.0. The Labute approximate surface area is 208 Å². The van der Waals surface area contributed by atoms with Crippen LogP contribution in [0.15, 0.2) is 30.3 Å². The molecular weight excluding hydrogens is 454 g/mol. The Hall–Kier alpha value is -2.26. The van der Waals surface area contributed by atoms with Gasteiger partial charge < -0.3 is 25.8 Å². The quantitative estimate of drug-likeness (QED) is 0.312. The van der Waals surface area contributed by atoms with Gasteiger partial charge in [-0.15, -0.1) is 0 Å². The molecule has 192 valence electrons. The third-order valence-corrected chi connectivity index (χ3v) is 6.09. The van der Waals surface area contributed by atoms with E-state index in [9.17, 15) is 19.5 Å². The fourth-order valence-electron chi connectivity index (χ4n) is 3.28. The van der Waals surface area contributed by atoms with Gasteiger partial charge >= 0.3 is 12.1 Å². The molecule has 0 saturated heterocycles. The Morgan fingerprint density at radius 3 is 2.26 bits per heavy atom. The number of ether oxygens (including phenoxy) is 1. The average molecular weight is 496 g/mol. The maximum atomic E-state index is 13.1. The zero-order valence-corrected chi connectivity index (χ0v) is 22.0. The van der Waals surface area contributed by atoms with Crippen molar-refractivity contribution in [2.45, 2.75) is 77.6 Å². The molecule has 1 aromatic carbocycles. The molecule has 0 fully saturated rings. The third kappa shape index (κ3) is 11.7. The third-order valence-electron chi connectivity index (χ3n) is 5.44. The molecule has 0 bridgehead atoms. The van der Waals surface area contributed by atoms with Crippen molar-refractivity contribution < 1.29 is 24.2 Å². The number of thioether (sulfide) groups is 1. The van der Waals surface area contributed by atoms with E-state index in [0.717, 1.165) is 12.0 Å². The zero-order valence-electron chi connectivity index (χ0n) is 21.2. The largest absolute Gasteiger partial charge is 0.480 e. The first-order valence-corrected chi connectivity index (χ1v) is 13.1. The Morgan fingerprint density at radius 2 is 1.74 bits per heavy atom. The van der Waals surface area contributed by atoms with Gasteiger partial charge in [0.2, 0.25) is 5.91 Å². The van der Waals surface area contributed by atoms with Gasteiger partial charge in [0.15, 0.2) is 0 Å². The second-order valence-electron chi connectivity index (χ2n) is 9.47. The van der Waals surface area contributed by atoms with Crippen molar-refractivity contribution in [3.63, 3.8) is 0 Å². The van der Waals surface area contributed by atoms with Gasteiger partial charge in [0.1, 0.15) is 11.6 Å². The molecule has 1 aromatic rings. The van der Waals surface area contributed by atoms with E-state index < -0.39 is 29.7 Å². The van der Waals surface area contributed by atoms with Crippen LogP contribution in [0, 0.1) is 5.92 Å². The number of hydrogen-bond donors (Lipinski definition) is 4. The van der Waals surface area contributed by atoms with Crippen LogP contribution >= 0.6 is 11.8 Å². The number of carboxylic acid groups (broad SMARTS) is 1. The smallest absolute Gasteiger partial charge is 0.407 e. The van der Waals surface area contributed by atoms with Crippen molar-refractivity contribution in [2.24, 2.45) is 5.92 Å². The predicted octanol–water partition coefficient (Wildman–Crippen LogP) is 3.45. The van der Waals surface area contributed by atoms with Crippen LogP contribution in [0.25, 0.3) is 0 Å². The van der Waals surface area contributed by atoms with Gasteiger partial charge in [-0.3, -0.25) is 4.79 Å². The van der Waals surface area contributed by atoms with Crippen LogP contribution in [0.1, 0.15) is 53.0 Å². The minimum atomic E-state index is -1.05. The highest BCUT2D eigenvalue weighted by Gasteiger charge is 2.28. The lowest BCUT2D eigenvalue weighted by Gasteiger charge is -2.29. The number of alkyl carbamates (subject to hydrolysis) is 1. The van der Waals surface area contributed by atoms with Crippen molar-refractivity contribution in [3.8, 4) is 0 Å². The highest BCUT2D eigenvalue weighted by molar-refractivity contribution is 7.98. The summed E-state index contributed by atoms with van der Waals surface area (Å²) in [4.78, 5) is 37.1. The van der Waals surface area contributed by atoms with Gasteiger partial charge in [-0.1, -0.05) is 50.6 Å². The highest BCUT2D eigenvalue weighted by atomic mass is 32.2. The van der Waals surface area contributed by atoms with Gasteiger partial charge in [0, 0.05) is 12.6 Å². The Balaban J connectivity index is 2.98. The second kappa shape index (κ2) is 14.9. The van der Waals surface area contributed by atoms with Gasteiger partial charge in [0.05, 0.1) is 6.04 Å². The summed E-state index contributed by atoms with van der Waals surface area (Å²) in [5.41, 5.74) is 0.335. The maximum absolute atomic E-state index is 13.1. The van der Waals surface area contributed by atoms with Gasteiger partial charge in [-0.05, 0) is 57.1 Å². The van der Waals surface area contributed by atoms with E-state index in [-0.39, 0.29) is 17.9 Å². The molecule has 34 heavy (non-hydrogen) atoms. The fourth-order valence-corrected chi connectivity index (χ4v) is 3.75. The van der Waals surface area contributed by atoms with Gasteiger partial charge in [-0.25, -0.2) is 9.59 Å². The predicted molar refractivity (Wildman–Crippen MR) is 137 cm³/mol. The van der Waals surface area contributed by atoms with Crippen molar-refractivity contribution >= 4 is 29.7 Å². The molecule has 0 aliphatic heterocycles. The molecule has 4 N–H and O–H groups in total. The number of carbonyl (C=O) groups is 3. The summed E-state index contributed by atoms with van der Waals surface area (Å²) in [6.07, 6.45) is 2.95. The van der Waals surface area contributed by atoms with E-state index in [1.54, 1.807) is 20.8 Å². The summed E-state index contributed by atoms with van der Waals surface area (Å²) < 4.78 is 5.40. The molecule has 2 amide bonds. The van der Waals surface area contributed by atoms with Gasteiger partial charge in [0.25, 0.3) is 0 Å². The fraction of sp³-hybridized carbons (Fsp3) is 0.640. The Bertz CT molecular complexity index is 770. The van der Waals surface area contributed by atoms with Crippen molar-refractivity contribution in [2.75, 3.05) is 18.6 Å². The van der Waals surface area contributed by atoms with E-state index in [1.165, 1.54) is 11.8 Å². The minimum Gasteiger partial charge on any atom is -0.480 e. The molecule has 9 heteroatoms. The summed E-state index contributed by atoms with van der Waals surface area (Å²) in [7, 11) is 0. The zero-order chi connectivity index (χ0) is 25.7. The second-order valence-corrected chi connectivity index (χ2v) is 10.5. The molecule has 0 aromatic heterocycles. The molecule has 4 atom stereocenters. The minimum absolute atomic E-state index is 0.133. The number of rotatable bonds is 14. The number of amides is 2. The van der Waals surface area contributed by atoms with Gasteiger partial charge in [-0.2, -0.15) is 11.8 Å². The summed E-state index contributed by atoms with van der Waals surface area (Å²) in [5.74, 6) is -0.666.